The monoisotopic (exact) mass is 224 g/mol. The molecule has 3 saturated heterocycles. The number of hydrogen-bond acceptors (Lipinski definition) is 4. The first-order valence-electron chi connectivity index (χ1n) is 6.67. The number of rotatable bonds is 3. The van der Waals surface area contributed by atoms with E-state index in [0.29, 0.717) is 0 Å². The van der Waals surface area contributed by atoms with Crippen molar-refractivity contribution in [2.24, 2.45) is 5.92 Å². The summed E-state index contributed by atoms with van der Waals surface area (Å²) < 4.78 is 0. The van der Waals surface area contributed by atoms with Gasteiger partial charge in [-0.1, -0.05) is 0 Å². The molecule has 3 fully saturated rings. The first-order valence-corrected chi connectivity index (χ1v) is 6.67. The highest BCUT2D eigenvalue weighted by Crippen LogP contribution is 2.20. The Morgan fingerprint density at radius 1 is 1.06 bits per heavy atom. The third kappa shape index (κ3) is 2.25. The molecule has 0 saturated carbocycles. The summed E-state index contributed by atoms with van der Waals surface area (Å²) in [4.78, 5) is 7.72. The van der Waals surface area contributed by atoms with Gasteiger partial charge in [-0.3, -0.25) is 9.80 Å². The maximum Gasteiger partial charge on any atom is 0.0351 e. The van der Waals surface area contributed by atoms with Gasteiger partial charge in [0, 0.05) is 64.9 Å². The van der Waals surface area contributed by atoms with Crippen LogP contribution in [0.25, 0.3) is 0 Å². The average Bonchev–Trinajstić information content (AvgIpc) is 2.21. The maximum atomic E-state index is 3.42. The smallest absolute Gasteiger partial charge is 0.0351 e. The topological polar surface area (TPSA) is 21.8 Å². The second-order valence-corrected chi connectivity index (χ2v) is 5.75. The van der Waals surface area contributed by atoms with E-state index in [0.717, 1.165) is 12.0 Å². The molecule has 0 spiro atoms. The van der Waals surface area contributed by atoms with Gasteiger partial charge in [0.05, 0.1) is 0 Å². The third-order valence-electron chi connectivity index (χ3n) is 4.26. The van der Waals surface area contributed by atoms with Gasteiger partial charge >= 0.3 is 0 Å². The molecule has 0 aliphatic carbocycles. The molecule has 4 nitrogen and oxygen atoms in total. The highest BCUT2D eigenvalue weighted by molar-refractivity contribution is 4.92. The van der Waals surface area contributed by atoms with Crippen LogP contribution in [-0.4, -0.2) is 86.7 Å². The van der Waals surface area contributed by atoms with Crippen LogP contribution in [0.1, 0.15) is 0 Å². The fourth-order valence-corrected chi connectivity index (χ4v) is 3.28. The minimum Gasteiger partial charge on any atom is -0.314 e. The Morgan fingerprint density at radius 2 is 1.75 bits per heavy atom. The number of nitrogens with one attached hydrogen (secondary N) is 1. The summed E-state index contributed by atoms with van der Waals surface area (Å²) in [6.07, 6.45) is 0. The fraction of sp³-hybridized carbons (Fsp3) is 1.00. The van der Waals surface area contributed by atoms with Crippen molar-refractivity contribution in [3.05, 3.63) is 0 Å². The van der Waals surface area contributed by atoms with Gasteiger partial charge in [-0.05, 0) is 13.0 Å². The van der Waals surface area contributed by atoms with Crippen molar-refractivity contribution < 1.29 is 0 Å². The normalized spacial score (nSPS) is 31.3. The number of likely N-dealkylation sites (tertiary alicyclic amines) is 2. The number of piperazine rings is 1. The molecule has 92 valence electrons. The first-order chi connectivity index (χ1) is 7.81. The molecule has 0 atom stereocenters. The second-order valence-electron chi connectivity index (χ2n) is 5.75. The fourth-order valence-electron chi connectivity index (χ4n) is 3.28. The molecule has 3 aliphatic rings. The van der Waals surface area contributed by atoms with Crippen LogP contribution in [0.2, 0.25) is 0 Å². The molecule has 0 aromatic carbocycles. The number of nitrogens with zero attached hydrogens (tertiary/aromatic N) is 3. The lowest BCUT2D eigenvalue weighted by molar-refractivity contribution is -0.00347. The molecule has 0 unspecified atom stereocenters. The zero-order chi connectivity index (χ0) is 11.0. The van der Waals surface area contributed by atoms with Crippen LogP contribution in [0.5, 0.6) is 0 Å². The highest BCUT2D eigenvalue weighted by atomic mass is 15.3. The molecule has 3 aliphatic heterocycles. The summed E-state index contributed by atoms with van der Waals surface area (Å²) in [5.74, 6) is 0.953. The first kappa shape index (κ1) is 11.0. The van der Waals surface area contributed by atoms with E-state index in [4.69, 9.17) is 0 Å². The molecule has 3 heterocycles. The van der Waals surface area contributed by atoms with Gasteiger partial charge in [0.25, 0.3) is 0 Å². The minimum absolute atomic E-state index is 0.861. The predicted octanol–water partition coefficient (Wildman–Crippen LogP) is -0.863. The van der Waals surface area contributed by atoms with E-state index >= 15 is 0 Å². The van der Waals surface area contributed by atoms with Crippen molar-refractivity contribution >= 4 is 0 Å². The van der Waals surface area contributed by atoms with Gasteiger partial charge in [-0.25, -0.2) is 0 Å². The second kappa shape index (κ2) is 4.61. The van der Waals surface area contributed by atoms with Crippen molar-refractivity contribution in [2.45, 2.75) is 6.04 Å². The van der Waals surface area contributed by atoms with Crippen LogP contribution in [-0.2, 0) is 0 Å². The van der Waals surface area contributed by atoms with E-state index in [1.807, 2.05) is 0 Å². The molecule has 0 aromatic rings. The Hall–Kier alpha value is -0.160. The molecular formula is C12H24N4. The Labute approximate surface area is 98.6 Å². The van der Waals surface area contributed by atoms with Gasteiger partial charge in [-0.2, -0.15) is 0 Å². The predicted molar refractivity (Wildman–Crippen MR) is 65.7 cm³/mol. The molecule has 0 aromatic heterocycles. The van der Waals surface area contributed by atoms with Crippen molar-refractivity contribution in [1.29, 1.82) is 0 Å². The zero-order valence-electron chi connectivity index (χ0n) is 10.4. The lowest BCUT2D eigenvalue weighted by atomic mass is 9.97. The summed E-state index contributed by atoms with van der Waals surface area (Å²) in [6, 6.07) is 0.861. The zero-order valence-corrected chi connectivity index (χ0v) is 10.4. The van der Waals surface area contributed by atoms with Crippen LogP contribution in [0.3, 0.4) is 0 Å². The van der Waals surface area contributed by atoms with E-state index in [9.17, 15) is 0 Å². The lowest BCUT2D eigenvalue weighted by Crippen LogP contribution is -2.64. The highest BCUT2D eigenvalue weighted by Gasteiger charge is 2.35. The van der Waals surface area contributed by atoms with Gasteiger partial charge in [-0.15, -0.1) is 0 Å². The van der Waals surface area contributed by atoms with E-state index in [-0.39, 0.29) is 0 Å². The lowest BCUT2D eigenvalue weighted by Gasteiger charge is -2.49. The molecule has 16 heavy (non-hydrogen) atoms. The molecule has 0 bridgehead atoms. The van der Waals surface area contributed by atoms with Gasteiger partial charge in [0.2, 0.25) is 0 Å². The third-order valence-corrected chi connectivity index (χ3v) is 4.26. The largest absolute Gasteiger partial charge is 0.314 e. The Bertz CT molecular complexity index is 227. The van der Waals surface area contributed by atoms with Crippen LogP contribution < -0.4 is 5.32 Å². The molecule has 0 amide bonds. The van der Waals surface area contributed by atoms with Gasteiger partial charge in [0.15, 0.2) is 0 Å². The summed E-state index contributed by atoms with van der Waals surface area (Å²) in [6.45, 7) is 11.5. The summed E-state index contributed by atoms with van der Waals surface area (Å²) in [7, 11) is 2.22. The van der Waals surface area contributed by atoms with Crippen molar-refractivity contribution in [1.82, 2.24) is 20.0 Å². The molecular weight excluding hydrogens is 200 g/mol. The van der Waals surface area contributed by atoms with E-state index in [2.05, 4.69) is 27.1 Å². The SMILES string of the molecule is CN1CC(CN2CC(N3CCNCC3)C2)C1. The number of hydrogen-bond donors (Lipinski definition) is 1. The van der Waals surface area contributed by atoms with Crippen molar-refractivity contribution in [2.75, 3.05) is 66.0 Å². The maximum absolute atomic E-state index is 3.42. The van der Waals surface area contributed by atoms with E-state index < -0.39 is 0 Å². The van der Waals surface area contributed by atoms with Crippen molar-refractivity contribution in [3.8, 4) is 0 Å². The van der Waals surface area contributed by atoms with E-state index in [1.165, 1.54) is 58.9 Å². The Balaban J connectivity index is 1.34. The van der Waals surface area contributed by atoms with Crippen LogP contribution in [0, 0.1) is 5.92 Å². The van der Waals surface area contributed by atoms with Crippen LogP contribution >= 0.6 is 0 Å². The summed E-state index contributed by atoms with van der Waals surface area (Å²) in [5, 5.41) is 3.42. The minimum atomic E-state index is 0.861. The summed E-state index contributed by atoms with van der Waals surface area (Å²) >= 11 is 0. The standard InChI is InChI=1S/C12H24N4/c1-14-6-11(7-14)8-15-9-12(10-15)16-4-2-13-3-5-16/h11-13H,2-10H2,1H3. The van der Waals surface area contributed by atoms with Gasteiger partial charge < -0.3 is 10.2 Å². The van der Waals surface area contributed by atoms with Crippen molar-refractivity contribution in [3.63, 3.8) is 0 Å². The molecule has 4 heteroatoms. The van der Waals surface area contributed by atoms with Gasteiger partial charge in [0.1, 0.15) is 0 Å². The quantitative estimate of drug-likeness (QED) is 0.673. The average molecular weight is 224 g/mol. The summed E-state index contributed by atoms with van der Waals surface area (Å²) in [5.41, 5.74) is 0. The van der Waals surface area contributed by atoms with Crippen LogP contribution in [0.15, 0.2) is 0 Å². The Morgan fingerprint density at radius 3 is 2.38 bits per heavy atom. The molecule has 1 N–H and O–H groups in total. The Kier molecular flexibility index (Phi) is 3.16. The van der Waals surface area contributed by atoms with Crippen LogP contribution in [0.4, 0.5) is 0 Å². The molecule has 0 radical (unpaired) electrons. The van der Waals surface area contributed by atoms with E-state index in [1.54, 1.807) is 0 Å². The molecule has 3 rings (SSSR count).